The molecule has 0 spiro atoms. The summed E-state index contributed by atoms with van der Waals surface area (Å²) in [4.78, 5) is 103. The number of hydrogen-bond acceptors (Lipinski definition) is 18. The van der Waals surface area contributed by atoms with Gasteiger partial charge in [-0.05, 0) is 164 Å². The topological polar surface area (TPSA) is 304 Å². The number of carbonyl (C=O) groups excluding carboxylic acids is 5. The van der Waals surface area contributed by atoms with E-state index in [1.165, 1.54) is 18.2 Å². The summed E-state index contributed by atoms with van der Waals surface area (Å²) in [5, 5.41) is 14.2. The van der Waals surface area contributed by atoms with E-state index in [2.05, 4.69) is 63.7 Å². The van der Waals surface area contributed by atoms with Crippen LogP contribution in [0.3, 0.4) is 0 Å². The number of nitrogens with one attached hydrogen (secondary N) is 2. The van der Waals surface area contributed by atoms with Crippen LogP contribution in [0.15, 0.2) is 123 Å². The van der Waals surface area contributed by atoms with Crippen molar-refractivity contribution in [1.82, 2.24) is 59.9 Å². The van der Waals surface area contributed by atoms with Crippen LogP contribution in [-0.4, -0.2) is 165 Å². The Kier molecular flexibility index (Phi) is 34.0. The average molecular weight is 1560 g/mol. The number of halogens is 14. The van der Waals surface area contributed by atoms with E-state index in [9.17, 15) is 81.5 Å². The van der Waals surface area contributed by atoms with Gasteiger partial charge in [-0.1, -0.05) is 25.3 Å². The number of amides is 4. The molecule has 4 fully saturated rings. The van der Waals surface area contributed by atoms with Gasteiger partial charge in [0.15, 0.2) is 5.78 Å². The molecule has 37 heteroatoms. The molecule has 4 amide bonds. The maximum Gasteiger partial charge on any atom is 0.419 e. The first kappa shape index (κ1) is 89.9. The largest absolute Gasteiger partial charge is 0.478 e. The maximum absolute atomic E-state index is 12.7. The highest BCUT2D eigenvalue weighted by atomic mass is 35.5. The molecule has 0 saturated carbocycles. The van der Waals surface area contributed by atoms with Gasteiger partial charge in [0.05, 0.1) is 27.8 Å². The van der Waals surface area contributed by atoms with Gasteiger partial charge in [-0.15, -0.1) is 12.4 Å². The number of likely N-dealkylation sites (tertiary alicyclic amines) is 3. The minimum absolute atomic E-state index is 0. The Bertz CT molecular complexity index is 3850. The normalized spacial score (nSPS) is 17.0. The summed E-state index contributed by atoms with van der Waals surface area (Å²) in [6, 6.07) is 12.9. The van der Waals surface area contributed by atoms with Gasteiger partial charge in [0.25, 0.3) is 5.91 Å². The first-order valence-corrected chi connectivity index (χ1v) is 33.2. The molecular weight excluding hydrogens is 1480 g/mol. The Balaban J connectivity index is 0.000000280. The van der Waals surface area contributed by atoms with Crippen LogP contribution in [0.25, 0.3) is 0 Å². The third-order valence-corrected chi connectivity index (χ3v) is 15.6. The Labute approximate surface area is 620 Å². The predicted molar refractivity (Wildman–Crippen MR) is 370 cm³/mol. The lowest BCUT2D eigenvalue weighted by molar-refractivity contribution is -0.139. The molecule has 0 aliphatic carbocycles. The molecule has 10 rings (SSSR count). The van der Waals surface area contributed by atoms with Crippen molar-refractivity contribution in [2.24, 2.45) is 23.5 Å². The monoisotopic (exact) mass is 1560 g/mol. The van der Waals surface area contributed by atoms with Gasteiger partial charge in [-0.2, -0.15) is 52.7 Å². The molecule has 0 bridgehead atoms. The van der Waals surface area contributed by atoms with Crippen molar-refractivity contribution < 1.29 is 96.0 Å². The second-order valence-electron chi connectivity index (χ2n) is 26.4. The van der Waals surface area contributed by atoms with E-state index in [-0.39, 0.29) is 77.3 Å². The number of aromatic nitrogens is 8. The third-order valence-electron chi connectivity index (χ3n) is 15.4. The number of nitrogens with zero attached hydrogens (tertiary/aromatic N) is 11. The predicted octanol–water partition coefficient (Wildman–Crippen LogP) is 13.5. The Morgan fingerprint density at radius 3 is 1.27 bits per heavy atom. The van der Waals surface area contributed by atoms with Crippen LogP contribution in [0.4, 0.5) is 68.0 Å². The molecule has 4 atom stereocenters. The van der Waals surface area contributed by atoms with Gasteiger partial charge in [0.1, 0.15) is 28.7 Å². The van der Waals surface area contributed by atoms with Gasteiger partial charge < -0.3 is 45.6 Å². The molecule has 4 aromatic heterocycles. The number of ether oxygens (including phenoxy) is 2. The minimum Gasteiger partial charge on any atom is -0.478 e. The lowest BCUT2D eigenvalue weighted by Gasteiger charge is -2.24. The van der Waals surface area contributed by atoms with Crippen LogP contribution in [0.5, 0.6) is 0 Å². The van der Waals surface area contributed by atoms with Crippen LogP contribution in [-0.2, 0) is 69.5 Å². The molecule has 4 aliphatic heterocycles. The second kappa shape index (κ2) is 40.5. The number of carboxylic acids is 1. The molecule has 2 aromatic carbocycles. The third kappa shape index (κ3) is 32.6. The summed E-state index contributed by atoms with van der Waals surface area (Å²) in [5.41, 5.74) is 3.35. The zero-order chi connectivity index (χ0) is 79.0. The highest BCUT2D eigenvalue weighted by molar-refractivity contribution is 6.28. The molecule has 23 nitrogen and oxygen atoms in total. The van der Waals surface area contributed by atoms with Crippen molar-refractivity contribution in [1.29, 1.82) is 0 Å². The molecule has 6 aromatic rings. The number of alkyl halides is 12. The van der Waals surface area contributed by atoms with E-state index < -0.39 is 64.1 Å². The van der Waals surface area contributed by atoms with Crippen LogP contribution >= 0.6 is 24.0 Å². The molecular formula is C70H82Cl2F12N14O9. The number of ketones is 1. The molecule has 4 saturated heterocycles. The lowest BCUT2D eigenvalue weighted by atomic mass is 10.0. The van der Waals surface area contributed by atoms with Crippen LogP contribution < -0.4 is 16.4 Å². The van der Waals surface area contributed by atoms with Crippen molar-refractivity contribution in [2.45, 2.75) is 135 Å². The number of rotatable bonds is 13. The highest BCUT2D eigenvalue weighted by Gasteiger charge is 2.36. The van der Waals surface area contributed by atoms with Crippen LogP contribution in [0.2, 0.25) is 5.28 Å². The summed E-state index contributed by atoms with van der Waals surface area (Å²) in [6.45, 7) is 23.0. The zero-order valence-electron chi connectivity index (χ0n) is 59.0. The van der Waals surface area contributed by atoms with E-state index in [4.69, 9.17) is 31.9 Å². The number of benzene rings is 2. The number of carboxylic acid groups (broad SMARTS) is 1. The summed E-state index contributed by atoms with van der Waals surface area (Å²) >= 11 is 5.17. The van der Waals surface area contributed by atoms with Gasteiger partial charge in [-0.3, -0.25) is 14.4 Å². The lowest BCUT2D eigenvalue weighted by Crippen LogP contribution is -2.36. The van der Waals surface area contributed by atoms with Gasteiger partial charge in [0, 0.05) is 132 Å². The summed E-state index contributed by atoms with van der Waals surface area (Å²) in [7, 11) is 0. The Hall–Kier alpha value is -9.48. The van der Waals surface area contributed by atoms with E-state index in [1.54, 1.807) is 71.9 Å². The maximum atomic E-state index is 12.7. The summed E-state index contributed by atoms with van der Waals surface area (Å²) < 4.78 is 158. The van der Waals surface area contributed by atoms with Gasteiger partial charge in [0.2, 0.25) is 11.2 Å². The summed E-state index contributed by atoms with van der Waals surface area (Å²) in [6.07, 6.45) is -4.57. The van der Waals surface area contributed by atoms with Crippen molar-refractivity contribution in [3.05, 3.63) is 185 Å². The van der Waals surface area contributed by atoms with Crippen molar-refractivity contribution in [3.63, 3.8) is 0 Å². The molecule has 107 heavy (non-hydrogen) atoms. The van der Waals surface area contributed by atoms with Crippen LogP contribution in [0, 0.1) is 17.8 Å². The fourth-order valence-electron chi connectivity index (χ4n) is 10.0. The van der Waals surface area contributed by atoms with Crippen molar-refractivity contribution in [3.8, 4) is 0 Å². The molecule has 4 aliphatic rings. The summed E-state index contributed by atoms with van der Waals surface area (Å²) in [5.74, 6) is 0.312. The Morgan fingerprint density at radius 1 is 0.542 bits per heavy atom. The highest BCUT2D eigenvalue weighted by Crippen LogP contribution is 2.32. The Morgan fingerprint density at radius 2 is 0.916 bits per heavy atom. The van der Waals surface area contributed by atoms with E-state index in [0.29, 0.717) is 99.0 Å². The molecule has 0 unspecified atom stereocenters. The van der Waals surface area contributed by atoms with Gasteiger partial charge >= 0.3 is 42.9 Å². The van der Waals surface area contributed by atoms with E-state index in [1.807, 2.05) is 20.8 Å². The number of allylic oxidation sites excluding steroid dienone is 1. The van der Waals surface area contributed by atoms with E-state index >= 15 is 0 Å². The number of nitrogens with two attached hydrogens (primary N) is 1. The molecule has 5 N–H and O–H groups in total. The van der Waals surface area contributed by atoms with Crippen molar-refractivity contribution >= 4 is 65.4 Å². The smallest absolute Gasteiger partial charge is 0.419 e. The van der Waals surface area contributed by atoms with E-state index in [0.717, 1.165) is 94.1 Å². The van der Waals surface area contributed by atoms with Gasteiger partial charge in [-0.25, -0.2) is 54.3 Å². The second-order valence-corrected chi connectivity index (χ2v) is 26.8. The minimum atomic E-state index is -4.46. The molecule has 0 radical (unpaired) electrons. The van der Waals surface area contributed by atoms with Crippen LogP contribution in [0.1, 0.15) is 133 Å². The fraction of sp³-hybridized carbons (Fsp3) is 0.457. The number of anilines is 1. The first-order valence-electron chi connectivity index (χ1n) is 32.8. The first-order chi connectivity index (χ1) is 49.4. The van der Waals surface area contributed by atoms with Crippen molar-refractivity contribution in [2.75, 3.05) is 57.7 Å². The quantitative estimate of drug-likeness (QED) is 0.0474. The molecule has 584 valence electrons. The standard InChI is InChI=1S/C20H19F3N4O2.C15H20F3N3O2.C11H10O3.C10H12F3N3.C9H18N2O2.C5H2ClF3N2.ClH/c1-2-18(28)26-16-5-3-14(4-6-16)19(29)27-8-7-13(12-27)9-17-24-10-15(11-25-17)20(21,22)23;1-14(2,3)23-13(22)21-5-4-10(9-21)6-12-19-7-11(8-20-12)15(16,17)18;1-2-10(12)7-8-3-5-9(6-4-8)11(13)14;11-10(12,13)8-5-15-9(16-6-8)3-7-1-2-14-4-7;1-9(2,3)13-8(12)11-5-4-7(10)6-11;6-4-10-1-3(2-11-4)5(7,8)9;/h2-6,10-11,13H,1,7-9,12H2,(H,26,28);7-8,10H,4-6,9H2,1-3H3;2-6H,1,7H2,(H,13,14);5-7,14H,1-4H2;7H,4-6,10H2,1-3H3;1-2H;1H/t13-;10-;;2*7-;;/m00.01../s1. The zero-order valence-corrected chi connectivity index (χ0v) is 60.5. The molecule has 8 heterocycles. The fourth-order valence-corrected chi connectivity index (χ4v) is 10.1. The number of carbonyl (C=O) groups is 6. The average Bonchev–Trinajstić information content (AvgIpc) is 1.76. The number of hydrogen-bond donors (Lipinski definition) is 4. The number of aromatic carboxylic acids is 1. The SMILES string of the molecule is C=CC(=O)Cc1ccc(C(=O)O)cc1.C=CC(=O)Nc1ccc(C(=O)N2CC[C@@H](Cc3ncc(C(F)(F)F)cn3)C2)cc1.CC(C)(C)OC(=O)N1CC[C@@H](Cc2ncc(C(F)(F)F)cn2)C1.CC(C)(C)OC(=O)N1CC[C@@H](N)C1.Cl.FC(F)(F)c1cnc(C[C@@H]2CCNC2)nc1.FC(F)(F)c1cnc(Cl)nc1.